The van der Waals surface area contributed by atoms with Crippen molar-refractivity contribution in [2.24, 2.45) is 0 Å². The van der Waals surface area contributed by atoms with Crippen LogP contribution < -0.4 is 10.9 Å². The van der Waals surface area contributed by atoms with Gasteiger partial charge in [0.25, 0.3) is 5.56 Å². The summed E-state index contributed by atoms with van der Waals surface area (Å²) in [5.74, 6) is -0.323. The van der Waals surface area contributed by atoms with E-state index < -0.39 is 6.04 Å². The van der Waals surface area contributed by atoms with E-state index in [1.165, 1.54) is 18.3 Å². The fourth-order valence-electron chi connectivity index (χ4n) is 1.75. The van der Waals surface area contributed by atoms with E-state index >= 15 is 0 Å². The number of anilines is 1. The molecule has 1 amide bonds. The first-order chi connectivity index (χ1) is 9.50. The average Bonchev–Trinajstić information content (AvgIpc) is 2.43. The second kappa shape index (κ2) is 5.88. The third-order valence-corrected chi connectivity index (χ3v) is 3.42. The van der Waals surface area contributed by atoms with Crippen molar-refractivity contribution in [2.75, 3.05) is 5.32 Å². The molecule has 0 fully saturated rings. The third-order valence-electron chi connectivity index (χ3n) is 3.01. The maximum atomic E-state index is 12.2. The normalized spacial score (nSPS) is 11.9. The number of halogens is 1. The molecule has 1 N–H and O–H groups in total. The second-order valence-electron chi connectivity index (χ2n) is 4.38. The molecule has 0 aliphatic rings. The first-order valence-corrected chi connectivity index (χ1v) is 6.48. The zero-order chi connectivity index (χ0) is 14.7. The molecule has 0 bridgehead atoms. The maximum Gasteiger partial charge on any atom is 0.267 e. The number of carbonyl (C=O) groups is 1. The summed E-state index contributed by atoms with van der Waals surface area (Å²) in [4.78, 5) is 23.8. The Morgan fingerprint density at radius 3 is 2.80 bits per heavy atom. The summed E-state index contributed by atoms with van der Waals surface area (Å²) in [6.45, 7) is 3.43. The average molecular weight is 292 g/mol. The molecule has 0 saturated heterocycles. The van der Waals surface area contributed by atoms with Crippen LogP contribution in [0.3, 0.4) is 0 Å². The number of aromatic nitrogens is 2. The first kappa shape index (κ1) is 14.3. The van der Waals surface area contributed by atoms with E-state index in [0.717, 1.165) is 10.2 Å². The van der Waals surface area contributed by atoms with Crippen LogP contribution in [0.5, 0.6) is 0 Å². The summed E-state index contributed by atoms with van der Waals surface area (Å²) in [7, 11) is 0. The van der Waals surface area contributed by atoms with Gasteiger partial charge in [-0.15, -0.1) is 0 Å². The number of hydrogen-bond acceptors (Lipinski definition) is 3. The second-order valence-corrected chi connectivity index (χ2v) is 4.79. The molecule has 6 heteroatoms. The van der Waals surface area contributed by atoms with Gasteiger partial charge in [-0.05, 0) is 37.6 Å². The minimum absolute atomic E-state index is 0.321. The van der Waals surface area contributed by atoms with Gasteiger partial charge in [0.1, 0.15) is 6.04 Å². The van der Waals surface area contributed by atoms with Crippen LogP contribution in [-0.4, -0.2) is 15.7 Å². The van der Waals surface area contributed by atoms with Crippen molar-refractivity contribution in [3.05, 3.63) is 57.5 Å². The van der Waals surface area contributed by atoms with Crippen molar-refractivity contribution >= 4 is 23.2 Å². The predicted octanol–water partition coefficient (Wildman–Crippen LogP) is 2.40. The van der Waals surface area contributed by atoms with Crippen molar-refractivity contribution in [3.8, 4) is 0 Å². The van der Waals surface area contributed by atoms with Gasteiger partial charge in [-0.1, -0.05) is 17.7 Å². The standard InChI is InChI=1S/C14H14ClN3O2/c1-9-11(15)5-3-6-12(9)17-14(20)10(2)18-13(19)7-4-8-16-18/h3-8,10H,1-2H3,(H,17,20)/t10-/m0/s1. The Morgan fingerprint density at radius 2 is 2.10 bits per heavy atom. The van der Waals surface area contributed by atoms with Gasteiger partial charge < -0.3 is 5.32 Å². The van der Waals surface area contributed by atoms with Crippen molar-refractivity contribution < 1.29 is 4.79 Å². The molecule has 1 aromatic carbocycles. The van der Waals surface area contributed by atoms with Gasteiger partial charge in [0.2, 0.25) is 5.91 Å². The molecule has 0 spiro atoms. The molecule has 2 rings (SSSR count). The summed E-state index contributed by atoms with van der Waals surface area (Å²) in [5.41, 5.74) is 1.08. The van der Waals surface area contributed by atoms with Crippen molar-refractivity contribution in [2.45, 2.75) is 19.9 Å². The van der Waals surface area contributed by atoms with Gasteiger partial charge >= 0.3 is 0 Å². The molecule has 5 nitrogen and oxygen atoms in total. The first-order valence-electron chi connectivity index (χ1n) is 6.10. The monoisotopic (exact) mass is 291 g/mol. The highest BCUT2D eigenvalue weighted by Crippen LogP contribution is 2.23. The predicted molar refractivity (Wildman–Crippen MR) is 78.0 cm³/mol. The van der Waals surface area contributed by atoms with E-state index in [2.05, 4.69) is 10.4 Å². The Balaban J connectivity index is 2.23. The molecule has 0 aliphatic heterocycles. The number of benzene rings is 1. The molecule has 0 aliphatic carbocycles. The van der Waals surface area contributed by atoms with Gasteiger partial charge in [0.05, 0.1) is 0 Å². The van der Waals surface area contributed by atoms with Crippen molar-refractivity contribution in [1.29, 1.82) is 0 Å². The lowest BCUT2D eigenvalue weighted by Gasteiger charge is -2.15. The highest BCUT2D eigenvalue weighted by atomic mass is 35.5. The number of rotatable bonds is 3. The van der Waals surface area contributed by atoms with E-state index in [-0.39, 0.29) is 11.5 Å². The summed E-state index contributed by atoms with van der Waals surface area (Å²) >= 11 is 6.00. The van der Waals surface area contributed by atoms with Crippen LogP contribution in [0.1, 0.15) is 18.5 Å². The lowest BCUT2D eigenvalue weighted by molar-refractivity contribution is -0.119. The van der Waals surface area contributed by atoms with Gasteiger partial charge in [-0.2, -0.15) is 5.10 Å². The third kappa shape index (κ3) is 2.88. The largest absolute Gasteiger partial charge is 0.324 e. The van der Waals surface area contributed by atoms with E-state index in [1.54, 1.807) is 25.1 Å². The topological polar surface area (TPSA) is 64.0 Å². The fraction of sp³-hybridized carbons (Fsp3) is 0.214. The molecule has 0 unspecified atom stereocenters. The summed E-state index contributed by atoms with van der Waals surface area (Å²) in [6, 6.07) is 7.45. The molecule has 1 aromatic heterocycles. The number of nitrogens with zero attached hydrogens (tertiary/aromatic N) is 2. The quantitative estimate of drug-likeness (QED) is 0.944. The molecule has 1 atom stereocenters. The van der Waals surface area contributed by atoms with Crippen LogP contribution in [0.4, 0.5) is 5.69 Å². The van der Waals surface area contributed by atoms with E-state index in [9.17, 15) is 9.59 Å². The molecular formula is C14H14ClN3O2. The fourth-order valence-corrected chi connectivity index (χ4v) is 1.93. The zero-order valence-electron chi connectivity index (χ0n) is 11.1. The van der Waals surface area contributed by atoms with Gasteiger partial charge in [-0.25, -0.2) is 4.68 Å². The smallest absolute Gasteiger partial charge is 0.267 e. The maximum absolute atomic E-state index is 12.2. The van der Waals surface area contributed by atoms with E-state index in [1.807, 2.05) is 6.92 Å². The molecule has 2 aromatic rings. The van der Waals surface area contributed by atoms with E-state index in [0.29, 0.717) is 10.7 Å². The minimum atomic E-state index is -0.706. The Morgan fingerprint density at radius 1 is 1.35 bits per heavy atom. The van der Waals surface area contributed by atoms with Crippen molar-refractivity contribution in [1.82, 2.24) is 9.78 Å². The minimum Gasteiger partial charge on any atom is -0.324 e. The Kier molecular flexibility index (Phi) is 4.20. The number of nitrogens with one attached hydrogen (secondary N) is 1. The van der Waals surface area contributed by atoms with Gasteiger partial charge in [-0.3, -0.25) is 9.59 Å². The lowest BCUT2D eigenvalue weighted by Crippen LogP contribution is -2.32. The Bertz CT molecular complexity index is 697. The summed E-state index contributed by atoms with van der Waals surface area (Å²) in [6.07, 6.45) is 1.47. The van der Waals surface area contributed by atoms with E-state index in [4.69, 9.17) is 11.6 Å². The molecule has 20 heavy (non-hydrogen) atoms. The number of hydrogen-bond donors (Lipinski definition) is 1. The lowest BCUT2D eigenvalue weighted by atomic mass is 10.2. The molecule has 0 radical (unpaired) electrons. The highest BCUT2D eigenvalue weighted by molar-refractivity contribution is 6.31. The van der Waals surface area contributed by atoms with Crippen molar-refractivity contribution in [3.63, 3.8) is 0 Å². The molecule has 0 saturated carbocycles. The van der Waals surface area contributed by atoms with Gasteiger partial charge in [0.15, 0.2) is 0 Å². The van der Waals surface area contributed by atoms with Crippen LogP contribution in [0, 0.1) is 6.92 Å². The van der Waals surface area contributed by atoms with Gasteiger partial charge in [0, 0.05) is 23.0 Å². The Labute approximate surface area is 121 Å². The molecule has 104 valence electrons. The summed E-state index contributed by atoms with van der Waals surface area (Å²) in [5, 5.41) is 7.23. The zero-order valence-corrected chi connectivity index (χ0v) is 11.9. The number of amides is 1. The molecular weight excluding hydrogens is 278 g/mol. The SMILES string of the molecule is Cc1c(Cl)cccc1NC(=O)[C@H](C)n1ncccc1=O. The van der Waals surface area contributed by atoms with Crippen LogP contribution in [0.15, 0.2) is 41.3 Å². The summed E-state index contributed by atoms with van der Waals surface area (Å²) < 4.78 is 1.13. The van der Waals surface area contributed by atoms with Crippen LogP contribution >= 0.6 is 11.6 Å². The van der Waals surface area contributed by atoms with Crippen LogP contribution in [0.25, 0.3) is 0 Å². The highest BCUT2D eigenvalue weighted by Gasteiger charge is 2.17. The Hall–Kier alpha value is -2.14. The van der Waals surface area contributed by atoms with Crippen LogP contribution in [0.2, 0.25) is 5.02 Å². The van der Waals surface area contributed by atoms with Crippen LogP contribution in [-0.2, 0) is 4.79 Å². The number of carbonyl (C=O) groups excluding carboxylic acids is 1. The molecule has 1 heterocycles.